The zero-order valence-electron chi connectivity index (χ0n) is 14.0. The third-order valence-electron chi connectivity index (χ3n) is 3.45. The maximum Gasteiger partial charge on any atom is 0.419 e. The number of aromatic nitrogens is 1. The van der Waals surface area contributed by atoms with Gasteiger partial charge in [0, 0.05) is 24.2 Å². The van der Waals surface area contributed by atoms with Crippen molar-refractivity contribution in [3.63, 3.8) is 0 Å². The van der Waals surface area contributed by atoms with Crippen molar-refractivity contribution in [2.45, 2.75) is 18.6 Å². The second-order valence-electron chi connectivity index (χ2n) is 5.45. The lowest BCUT2D eigenvalue weighted by atomic mass is 10.1. The summed E-state index contributed by atoms with van der Waals surface area (Å²) in [7, 11) is 0. The summed E-state index contributed by atoms with van der Waals surface area (Å²) in [6, 6.07) is 4.35. The average molecular weight is 401 g/mol. The SMILES string of the molecule is NC(=O)NC(CC(=O)NCCNc1ncccc1C(F)(F)F)c1cccs1. The van der Waals surface area contributed by atoms with Gasteiger partial charge < -0.3 is 21.7 Å². The highest BCUT2D eigenvalue weighted by Crippen LogP contribution is 2.33. The number of carbonyl (C=O) groups is 2. The van der Waals surface area contributed by atoms with Crippen LogP contribution in [0.3, 0.4) is 0 Å². The summed E-state index contributed by atoms with van der Waals surface area (Å²) in [6.07, 6.45) is -3.31. The monoisotopic (exact) mass is 401 g/mol. The fourth-order valence-electron chi connectivity index (χ4n) is 2.30. The highest BCUT2D eigenvalue weighted by molar-refractivity contribution is 7.10. The van der Waals surface area contributed by atoms with Crippen molar-refractivity contribution >= 4 is 29.1 Å². The molecule has 0 bridgehead atoms. The molecule has 2 rings (SSSR count). The van der Waals surface area contributed by atoms with Crippen LogP contribution in [0.25, 0.3) is 0 Å². The van der Waals surface area contributed by atoms with Crippen LogP contribution in [0.4, 0.5) is 23.8 Å². The van der Waals surface area contributed by atoms with E-state index in [1.54, 1.807) is 17.5 Å². The molecular formula is C16H18F3N5O2S. The summed E-state index contributed by atoms with van der Waals surface area (Å²) >= 11 is 1.37. The Kier molecular flexibility index (Phi) is 6.99. The summed E-state index contributed by atoms with van der Waals surface area (Å²) in [5.41, 5.74) is 4.25. The summed E-state index contributed by atoms with van der Waals surface area (Å²) in [5, 5.41) is 9.43. The molecule has 0 aromatic carbocycles. The Morgan fingerprint density at radius 3 is 2.63 bits per heavy atom. The van der Waals surface area contributed by atoms with E-state index in [0.717, 1.165) is 10.9 Å². The van der Waals surface area contributed by atoms with Crippen molar-refractivity contribution in [1.29, 1.82) is 0 Å². The molecule has 0 aliphatic carbocycles. The second-order valence-corrected chi connectivity index (χ2v) is 6.43. The molecule has 146 valence electrons. The number of hydrogen-bond donors (Lipinski definition) is 4. The Morgan fingerprint density at radius 1 is 1.22 bits per heavy atom. The lowest BCUT2D eigenvalue weighted by Gasteiger charge is -2.16. The normalized spacial score (nSPS) is 12.3. The fourth-order valence-corrected chi connectivity index (χ4v) is 3.08. The van der Waals surface area contributed by atoms with Gasteiger partial charge in [0.1, 0.15) is 5.82 Å². The van der Waals surface area contributed by atoms with Crippen molar-refractivity contribution in [2.24, 2.45) is 5.73 Å². The first kappa shape index (κ1) is 20.5. The van der Waals surface area contributed by atoms with Crippen LogP contribution in [-0.4, -0.2) is 30.0 Å². The maximum atomic E-state index is 12.9. The predicted molar refractivity (Wildman–Crippen MR) is 95.1 cm³/mol. The number of halogens is 3. The number of primary amides is 1. The Hall–Kier alpha value is -2.82. The molecule has 0 saturated heterocycles. The molecule has 2 heterocycles. The molecule has 11 heteroatoms. The number of urea groups is 1. The van der Waals surface area contributed by atoms with E-state index in [1.807, 2.05) is 0 Å². The van der Waals surface area contributed by atoms with Crippen LogP contribution in [0, 0.1) is 0 Å². The number of hydrogen-bond acceptors (Lipinski definition) is 5. The smallest absolute Gasteiger partial charge is 0.368 e. The van der Waals surface area contributed by atoms with E-state index in [-0.39, 0.29) is 31.2 Å². The van der Waals surface area contributed by atoms with E-state index in [1.165, 1.54) is 23.6 Å². The molecule has 0 fully saturated rings. The minimum atomic E-state index is -4.52. The lowest BCUT2D eigenvalue weighted by molar-refractivity contribution is -0.137. The second kappa shape index (κ2) is 9.21. The van der Waals surface area contributed by atoms with E-state index in [9.17, 15) is 22.8 Å². The summed E-state index contributed by atoms with van der Waals surface area (Å²) < 4.78 is 38.6. The van der Waals surface area contributed by atoms with Gasteiger partial charge in [0.25, 0.3) is 0 Å². The molecule has 3 amide bonds. The van der Waals surface area contributed by atoms with Crippen molar-refractivity contribution < 1.29 is 22.8 Å². The van der Waals surface area contributed by atoms with Gasteiger partial charge in [0.05, 0.1) is 18.0 Å². The van der Waals surface area contributed by atoms with Crippen molar-refractivity contribution in [2.75, 3.05) is 18.4 Å². The van der Waals surface area contributed by atoms with Crippen molar-refractivity contribution in [1.82, 2.24) is 15.6 Å². The molecule has 0 spiro atoms. The number of pyridine rings is 1. The molecule has 5 N–H and O–H groups in total. The molecule has 0 aliphatic rings. The molecule has 27 heavy (non-hydrogen) atoms. The molecule has 2 aromatic heterocycles. The number of amides is 3. The largest absolute Gasteiger partial charge is 0.419 e. The minimum Gasteiger partial charge on any atom is -0.368 e. The van der Waals surface area contributed by atoms with E-state index < -0.39 is 23.8 Å². The van der Waals surface area contributed by atoms with Crippen LogP contribution in [0.1, 0.15) is 22.9 Å². The molecule has 1 unspecified atom stereocenters. The van der Waals surface area contributed by atoms with Crippen LogP contribution in [0.5, 0.6) is 0 Å². The van der Waals surface area contributed by atoms with Gasteiger partial charge in [-0.3, -0.25) is 4.79 Å². The first-order valence-corrected chi connectivity index (χ1v) is 8.77. The fraction of sp³-hybridized carbons (Fsp3) is 0.312. The predicted octanol–water partition coefficient (Wildman–Crippen LogP) is 2.49. The van der Waals surface area contributed by atoms with Gasteiger partial charge in [0.2, 0.25) is 5.91 Å². The van der Waals surface area contributed by atoms with E-state index >= 15 is 0 Å². The number of anilines is 1. The van der Waals surface area contributed by atoms with Gasteiger partial charge in [-0.05, 0) is 23.6 Å². The Morgan fingerprint density at radius 2 is 2.00 bits per heavy atom. The maximum absolute atomic E-state index is 12.9. The first-order chi connectivity index (χ1) is 12.8. The molecule has 0 radical (unpaired) electrons. The van der Waals surface area contributed by atoms with E-state index in [4.69, 9.17) is 5.73 Å². The molecule has 1 atom stereocenters. The number of rotatable bonds is 8. The standard InChI is InChI=1S/C16H18F3N5O2S/c17-16(18,19)10-3-1-5-22-14(10)23-7-6-21-13(25)9-11(24-15(20)26)12-4-2-8-27-12/h1-5,8,11H,6-7,9H2,(H,21,25)(H,22,23)(H3,20,24,26). The molecule has 0 saturated carbocycles. The van der Waals surface area contributed by atoms with Crippen LogP contribution in [0.15, 0.2) is 35.8 Å². The number of alkyl halides is 3. The van der Waals surface area contributed by atoms with Gasteiger partial charge >= 0.3 is 12.2 Å². The lowest BCUT2D eigenvalue weighted by Crippen LogP contribution is -2.37. The zero-order valence-corrected chi connectivity index (χ0v) is 14.9. The number of carbonyl (C=O) groups excluding carboxylic acids is 2. The van der Waals surface area contributed by atoms with Gasteiger partial charge in [0.15, 0.2) is 0 Å². The zero-order chi connectivity index (χ0) is 19.9. The summed E-state index contributed by atoms with van der Waals surface area (Å²) in [5.74, 6) is -0.674. The van der Waals surface area contributed by atoms with Gasteiger partial charge in [-0.15, -0.1) is 11.3 Å². The van der Waals surface area contributed by atoms with E-state index in [2.05, 4.69) is 20.9 Å². The topological polar surface area (TPSA) is 109 Å². The van der Waals surface area contributed by atoms with Crippen LogP contribution >= 0.6 is 11.3 Å². The summed E-state index contributed by atoms with van der Waals surface area (Å²) in [4.78, 5) is 27.6. The van der Waals surface area contributed by atoms with Gasteiger partial charge in [-0.25, -0.2) is 9.78 Å². The Labute approximate surface area is 157 Å². The molecule has 7 nitrogen and oxygen atoms in total. The average Bonchev–Trinajstić information content (AvgIpc) is 3.12. The highest BCUT2D eigenvalue weighted by atomic mass is 32.1. The Balaban J connectivity index is 1.83. The first-order valence-electron chi connectivity index (χ1n) is 7.89. The number of nitrogens with one attached hydrogen (secondary N) is 3. The van der Waals surface area contributed by atoms with E-state index in [0.29, 0.717) is 0 Å². The molecular weight excluding hydrogens is 383 g/mol. The van der Waals surface area contributed by atoms with Crippen LogP contribution in [0.2, 0.25) is 0 Å². The quantitative estimate of drug-likeness (QED) is 0.510. The Bertz CT molecular complexity index is 768. The van der Waals surface area contributed by atoms with Crippen molar-refractivity contribution in [3.8, 4) is 0 Å². The third-order valence-corrected chi connectivity index (χ3v) is 4.43. The molecule has 2 aromatic rings. The number of thiophene rings is 1. The summed E-state index contributed by atoms with van der Waals surface area (Å²) in [6.45, 7) is 0.138. The van der Waals surface area contributed by atoms with Gasteiger partial charge in [-0.2, -0.15) is 13.2 Å². The number of nitrogens with zero attached hydrogens (tertiary/aromatic N) is 1. The third kappa shape index (κ3) is 6.44. The van der Waals surface area contributed by atoms with Crippen LogP contribution < -0.4 is 21.7 Å². The van der Waals surface area contributed by atoms with Crippen molar-refractivity contribution in [3.05, 3.63) is 46.3 Å². The number of nitrogens with two attached hydrogens (primary N) is 1. The highest BCUT2D eigenvalue weighted by Gasteiger charge is 2.33. The minimum absolute atomic E-state index is 0.0408. The molecule has 0 aliphatic heterocycles. The van der Waals surface area contributed by atoms with Gasteiger partial charge in [-0.1, -0.05) is 6.07 Å². The van der Waals surface area contributed by atoms with Crippen LogP contribution in [-0.2, 0) is 11.0 Å².